The van der Waals surface area contributed by atoms with E-state index in [9.17, 15) is 0 Å². The van der Waals surface area contributed by atoms with E-state index in [4.69, 9.17) is 49.7 Å². The Morgan fingerprint density at radius 1 is 0.316 bits per heavy atom. The average Bonchev–Trinajstić information content (AvgIpc) is 3.83. The summed E-state index contributed by atoms with van der Waals surface area (Å²) in [6, 6.07) is 74.1. The van der Waals surface area contributed by atoms with Crippen molar-refractivity contribution in [2.24, 2.45) is 0 Å². The van der Waals surface area contributed by atoms with Gasteiger partial charge in [-0.05, 0) is 122 Å². The van der Waals surface area contributed by atoms with Crippen molar-refractivity contribution in [3.8, 4) is 11.4 Å². The molecule has 12 heteroatoms. The first kappa shape index (κ1) is 59.3. The zero-order chi connectivity index (χ0) is 52.5. The number of hydrogen-bond acceptors (Lipinski definition) is 4. The topological polar surface area (TPSA) is 19.7 Å². The first-order valence-electron chi connectivity index (χ1n) is 26.7. The smallest absolute Gasteiger partial charge is 0.760 e. The molecule has 0 unspecified atom stereocenters. The molecular formula is C64H69N4NiP3S4. The van der Waals surface area contributed by atoms with Crippen molar-refractivity contribution in [2.45, 2.75) is 115 Å². The number of imidazole rings is 2. The maximum absolute atomic E-state index is 5.99. The average molecular weight is 1170 g/mol. The summed E-state index contributed by atoms with van der Waals surface area (Å²) in [6.45, 7) is 12.2. The van der Waals surface area contributed by atoms with E-state index in [0.29, 0.717) is 0 Å². The van der Waals surface area contributed by atoms with Crippen LogP contribution >= 0.6 is 48.2 Å². The molecule has 0 saturated carbocycles. The molecule has 0 radical (unpaired) electrons. The monoisotopic (exact) mass is 1170 g/mol. The van der Waals surface area contributed by atoms with Gasteiger partial charge < -0.3 is 43.5 Å². The van der Waals surface area contributed by atoms with Crippen molar-refractivity contribution < 1.29 is 16.5 Å². The molecule has 0 fully saturated rings. The van der Waals surface area contributed by atoms with E-state index in [1.165, 1.54) is 47.7 Å². The zero-order valence-electron chi connectivity index (χ0n) is 44.1. The van der Waals surface area contributed by atoms with Gasteiger partial charge >= 0.3 is 16.5 Å². The van der Waals surface area contributed by atoms with E-state index in [1.807, 2.05) is 0 Å². The van der Waals surface area contributed by atoms with Crippen LogP contribution < -0.4 is 47.7 Å². The largest absolute Gasteiger partial charge is 2.00 e. The molecule has 0 aliphatic heterocycles. The van der Waals surface area contributed by atoms with Crippen molar-refractivity contribution in [1.82, 2.24) is 18.3 Å². The molecule has 0 aliphatic carbocycles. The summed E-state index contributed by atoms with van der Waals surface area (Å²) >= 11 is 23.8. The Morgan fingerprint density at radius 3 is 0.776 bits per heavy atom. The Balaban J connectivity index is 0.000000238. The molecule has 0 atom stereocenters. The molecular weight excluding hydrogens is 1100 g/mol. The second-order valence-electron chi connectivity index (χ2n) is 18.6. The number of rotatable bonds is 22. The third-order valence-corrected chi connectivity index (χ3v) is 22.9. The molecule has 4 nitrogen and oxygen atoms in total. The number of aromatic nitrogens is 4. The van der Waals surface area contributed by atoms with E-state index in [0.717, 1.165) is 109 Å². The molecule has 0 bridgehead atoms. The molecule has 0 saturated heterocycles. The number of unbranched alkanes of at least 4 members (excludes halogenated alkanes) is 4. The van der Waals surface area contributed by atoms with Gasteiger partial charge in [-0.25, -0.2) is 0 Å². The van der Waals surface area contributed by atoms with Gasteiger partial charge in [0, 0.05) is 26.2 Å². The summed E-state index contributed by atoms with van der Waals surface area (Å²) in [7, 11) is -2.42. The van der Waals surface area contributed by atoms with Gasteiger partial charge in [0.15, 0.2) is 9.54 Å². The Labute approximate surface area is 488 Å². The maximum Gasteiger partial charge on any atom is 2.00 e. The summed E-state index contributed by atoms with van der Waals surface area (Å²) in [5.41, 5.74) is 2.00. The normalized spacial score (nSPS) is 11.2. The third-order valence-electron chi connectivity index (χ3n) is 13.3. The summed E-state index contributed by atoms with van der Waals surface area (Å²) in [5.74, 6) is 0. The first-order chi connectivity index (χ1) is 36.8. The van der Waals surface area contributed by atoms with Crippen molar-refractivity contribution in [1.29, 1.82) is 0 Å². The minimum atomic E-state index is -0.882. The third kappa shape index (κ3) is 13.9. The minimum absolute atomic E-state index is 0. The number of hydrogen-bond donors (Lipinski definition) is 0. The molecule has 9 aromatic rings. The predicted octanol–water partition coefficient (Wildman–Crippen LogP) is 14.0. The summed E-state index contributed by atoms with van der Waals surface area (Å²) in [5, 5.41) is 14.2. The van der Waals surface area contributed by atoms with Crippen LogP contribution in [-0.2, 0) is 67.9 Å². The Kier molecular flexibility index (Phi) is 23.5. The van der Waals surface area contributed by atoms with E-state index in [-0.39, 0.29) is 16.5 Å². The SMILES string of the molecule is CCCCn1c([S-])c(-c2c([S-])n(CCCC)c(=S)n2CCCC)n(CCCC)c1=S.[Ni+2].c1ccc(P(c2ccccc2)c2ccccc2P(c2ccccc2)c2ccccc2P(c2ccccc2)c2ccccc2)cc1. The van der Waals surface area contributed by atoms with Gasteiger partial charge in [0.2, 0.25) is 0 Å². The van der Waals surface area contributed by atoms with Crippen molar-refractivity contribution >= 4 is 121 Å². The molecule has 0 amide bonds. The van der Waals surface area contributed by atoms with Crippen LogP contribution in [-0.4, -0.2) is 18.3 Å². The molecule has 76 heavy (non-hydrogen) atoms. The van der Waals surface area contributed by atoms with E-state index in [2.05, 4.69) is 246 Å². The summed E-state index contributed by atoms with van der Waals surface area (Å²) in [6.07, 6.45) is 8.69. The van der Waals surface area contributed by atoms with Crippen LogP contribution in [0.5, 0.6) is 0 Å². The summed E-state index contributed by atoms with van der Waals surface area (Å²) in [4.78, 5) is 0. The van der Waals surface area contributed by atoms with Crippen LogP contribution in [0.25, 0.3) is 11.4 Å². The van der Waals surface area contributed by atoms with Crippen LogP contribution in [0.3, 0.4) is 0 Å². The molecule has 9 rings (SSSR count). The van der Waals surface area contributed by atoms with Gasteiger partial charge in [0.05, 0.1) is 11.4 Å². The summed E-state index contributed by atoms with van der Waals surface area (Å²) < 4.78 is 10.3. The van der Waals surface area contributed by atoms with Crippen LogP contribution in [0.4, 0.5) is 0 Å². The number of nitrogens with zero attached hydrogens (tertiary/aromatic N) is 4. The van der Waals surface area contributed by atoms with Crippen molar-refractivity contribution in [2.75, 3.05) is 0 Å². The molecule has 2 heterocycles. The second-order valence-corrected chi connectivity index (χ2v) is 26.6. The fourth-order valence-electron chi connectivity index (χ4n) is 9.51. The second kappa shape index (κ2) is 30.1. The van der Waals surface area contributed by atoms with Gasteiger partial charge in [-0.15, -0.1) is 0 Å². The van der Waals surface area contributed by atoms with E-state index in [1.54, 1.807) is 0 Å². The van der Waals surface area contributed by atoms with E-state index >= 15 is 0 Å². The molecule has 394 valence electrons. The molecule has 0 N–H and O–H groups in total. The van der Waals surface area contributed by atoms with E-state index < -0.39 is 23.8 Å². The maximum atomic E-state index is 5.99. The van der Waals surface area contributed by atoms with Gasteiger partial charge in [0.1, 0.15) is 0 Å². The molecule has 2 aromatic heterocycles. The van der Waals surface area contributed by atoms with Crippen LogP contribution in [0.1, 0.15) is 79.1 Å². The molecule has 0 spiro atoms. The minimum Gasteiger partial charge on any atom is -0.760 e. The Hall–Kier alpha value is -4.38. The molecule has 7 aromatic carbocycles. The fraction of sp³-hybridized carbons (Fsp3) is 0.250. The Bertz CT molecular complexity index is 3030. The number of benzene rings is 7. The first-order valence-corrected chi connectivity index (χ1v) is 32.3. The van der Waals surface area contributed by atoms with Gasteiger partial charge in [0.25, 0.3) is 0 Å². The van der Waals surface area contributed by atoms with Crippen LogP contribution in [0, 0.1) is 9.54 Å². The van der Waals surface area contributed by atoms with Crippen molar-refractivity contribution in [3.05, 3.63) is 210 Å². The quantitative estimate of drug-likeness (QED) is 0.0291. The standard InChI is InChI=1S/C42H33P3.C22H38N4S4.Ni/c1-6-20-34(21-7-1)43(35-22-8-2-9-23-35)39-30-16-18-32-41(39)45(38-28-14-5-15-29-38)42-33-19-17-31-40(42)44(36-24-10-3-11-25-36)37-26-12-4-13-27-37;1-5-9-13-23-17(19(27)25(21(23)29)15-11-7-3)18-20(28)26(16-12-8-4)22(30)24(18)14-10-6-2;/h1-33H;27-28H,5-16H2,1-4H3;/q;;+2/p-2. The Morgan fingerprint density at radius 2 is 0.526 bits per heavy atom. The van der Waals surface area contributed by atoms with Crippen LogP contribution in [0.15, 0.2) is 210 Å². The zero-order valence-corrected chi connectivity index (χ0v) is 51.1. The van der Waals surface area contributed by atoms with Gasteiger partial charge in [-0.2, -0.15) is 0 Å². The van der Waals surface area contributed by atoms with Crippen molar-refractivity contribution in [3.63, 3.8) is 0 Å². The molecule has 0 aliphatic rings. The predicted molar refractivity (Wildman–Crippen MR) is 339 cm³/mol. The van der Waals surface area contributed by atoms with Gasteiger partial charge in [-0.3, -0.25) is 0 Å². The fourth-order valence-corrected chi connectivity index (χ4v) is 19.4. The van der Waals surface area contributed by atoms with Gasteiger partial charge in [-0.1, -0.05) is 264 Å². The van der Waals surface area contributed by atoms with Crippen LogP contribution in [0.2, 0.25) is 0 Å².